The van der Waals surface area contributed by atoms with E-state index in [-0.39, 0.29) is 0 Å². The number of rotatable bonds is 6. The number of hydrogen-bond donors (Lipinski definition) is 0. The van der Waals surface area contributed by atoms with Gasteiger partial charge in [0.2, 0.25) is 0 Å². The fraction of sp³-hybridized carbons (Fsp3) is 0.611. The first-order valence-electron chi connectivity index (χ1n) is 7.95. The SMILES string of the molecule is CCC(CC1CCN(Cc2ccccc2)CC1)C(C)=O. The van der Waals surface area contributed by atoms with Gasteiger partial charge in [0.15, 0.2) is 0 Å². The predicted molar refractivity (Wildman–Crippen MR) is 83.5 cm³/mol. The van der Waals surface area contributed by atoms with Crippen molar-refractivity contribution < 1.29 is 4.79 Å². The first-order chi connectivity index (χ1) is 9.69. The lowest BCUT2D eigenvalue weighted by molar-refractivity contribution is -0.121. The van der Waals surface area contributed by atoms with Gasteiger partial charge >= 0.3 is 0 Å². The highest BCUT2D eigenvalue weighted by Crippen LogP contribution is 2.26. The first kappa shape index (κ1) is 15.2. The maximum Gasteiger partial charge on any atom is 0.132 e. The Labute approximate surface area is 123 Å². The molecule has 110 valence electrons. The molecule has 1 saturated heterocycles. The number of Topliss-reactive ketones (excluding diaryl/α,β-unsaturated/α-hetero) is 1. The molecule has 2 nitrogen and oxygen atoms in total. The highest BCUT2D eigenvalue weighted by Gasteiger charge is 2.23. The Bertz CT molecular complexity index is 407. The summed E-state index contributed by atoms with van der Waals surface area (Å²) in [7, 11) is 0. The van der Waals surface area contributed by atoms with Crippen molar-refractivity contribution in [2.45, 2.75) is 46.1 Å². The maximum absolute atomic E-state index is 11.5. The Balaban J connectivity index is 1.76. The van der Waals surface area contributed by atoms with Gasteiger partial charge in [0.05, 0.1) is 0 Å². The molecule has 0 aliphatic carbocycles. The van der Waals surface area contributed by atoms with Crippen molar-refractivity contribution in [1.29, 1.82) is 0 Å². The minimum absolute atomic E-state index is 0.292. The number of hydrogen-bond acceptors (Lipinski definition) is 2. The lowest BCUT2D eigenvalue weighted by atomic mass is 9.84. The number of likely N-dealkylation sites (tertiary alicyclic amines) is 1. The minimum Gasteiger partial charge on any atom is -0.300 e. The summed E-state index contributed by atoms with van der Waals surface area (Å²) >= 11 is 0. The molecule has 0 saturated carbocycles. The van der Waals surface area contributed by atoms with E-state index in [0.717, 1.165) is 25.3 Å². The summed E-state index contributed by atoms with van der Waals surface area (Å²) in [6.07, 6.45) is 4.60. The Morgan fingerprint density at radius 3 is 2.45 bits per heavy atom. The second-order valence-electron chi connectivity index (χ2n) is 6.16. The molecule has 1 aromatic carbocycles. The highest BCUT2D eigenvalue weighted by molar-refractivity contribution is 5.78. The summed E-state index contributed by atoms with van der Waals surface area (Å²) in [4.78, 5) is 14.1. The van der Waals surface area contributed by atoms with E-state index >= 15 is 0 Å². The van der Waals surface area contributed by atoms with E-state index in [0.29, 0.717) is 11.7 Å². The summed E-state index contributed by atoms with van der Waals surface area (Å²) in [6, 6.07) is 10.7. The van der Waals surface area contributed by atoms with Gasteiger partial charge in [-0.3, -0.25) is 9.69 Å². The topological polar surface area (TPSA) is 20.3 Å². The zero-order valence-electron chi connectivity index (χ0n) is 12.8. The largest absolute Gasteiger partial charge is 0.300 e. The normalized spacial score (nSPS) is 18.9. The van der Waals surface area contributed by atoms with E-state index in [2.05, 4.69) is 42.2 Å². The molecule has 0 aromatic heterocycles. The standard InChI is InChI=1S/C18H27NO/c1-3-18(15(2)20)13-16-9-11-19(12-10-16)14-17-7-5-4-6-8-17/h4-8,16,18H,3,9-14H2,1-2H3. The molecule has 2 rings (SSSR count). The summed E-state index contributed by atoms with van der Waals surface area (Å²) in [5.41, 5.74) is 1.40. The second kappa shape index (κ2) is 7.58. The van der Waals surface area contributed by atoms with E-state index in [9.17, 15) is 4.79 Å². The summed E-state index contributed by atoms with van der Waals surface area (Å²) in [5, 5.41) is 0. The minimum atomic E-state index is 0.292. The van der Waals surface area contributed by atoms with Crippen LogP contribution in [0.25, 0.3) is 0 Å². The van der Waals surface area contributed by atoms with E-state index in [1.807, 2.05) is 0 Å². The molecule has 2 heteroatoms. The summed E-state index contributed by atoms with van der Waals surface area (Å²) in [6.45, 7) is 7.30. The molecule has 1 aliphatic rings. The smallest absolute Gasteiger partial charge is 0.132 e. The van der Waals surface area contributed by atoms with Gasteiger partial charge in [0, 0.05) is 12.5 Å². The van der Waals surface area contributed by atoms with Crippen LogP contribution in [0.2, 0.25) is 0 Å². The van der Waals surface area contributed by atoms with Gasteiger partial charge in [0.25, 0.3) is 0 Å². The maximum atomic E-state index is 11.5. The van der Waals surface area contributed by atoms with Crippen molar-refractivity contribution >= 4 is 5.78 Å². The molecule has 1 fully saturated rings. The molecule has 0 bridgehead atoms. The monoisotopic (exact) mass is 273 g/mol. The summed E-state index contributed by atoms with van der Waals surface area (Å²) < 4.78 is 0. The van der Waals surface area contributed by atoms with Crippen molar-refractivity contribution in [2.24, 2.45) is 11.8 Å². The lowest BCUT2D eigenvalue weighted by Crippen LogP contribution is -2.34. The quantitative estimate of drug-likeness (QED) is 0.783. The van der Waals surface area contributed by atoms with Gasteiger partial charge in [0.1, 0.15) is 5.78 Å². The Hall–Kier alpha value is -1.15. The molecule has 0 radical (unpaired) electrons. The summed E-state index contributed by atoms with van der Waals surface area (Å²) in [5.74, 6) is 1.41. The molecular formula is C18H27NO. The van der Waals surface area contributed by atoms with E-state index < -0.39 is 0 Å². The third-order valence-electron chi connectivity index (χ3n) is 4.64. The molecule has 1 aromatic rings. The van der Waals surface area contributed by atoms with E-state index in [4.69, 9.17) is 0 Å². The van der Waals surface area contributed by atoms with Crippen LogP contribution in [0, 0.1) is 11.8 Å². The van der Waals surface area contributed by atoms with Gasteiger partial charge in [-0.05, 0) is 57.2 Å². The lowest BCUT2D eigenvalue weighted by Gasteiger charge is -2.33. The highest BCUT2D eigenvalue weighted by atomic mass is 16.1. The van der Waals surface area contributed by atoms with Gasteiger partial charge in [-0.25, -0.2) is 0 Å². The van der Waals surface area contributed by atoms with E-state index in [1.165, 1.54) is 31.5 Å². The Morgan fingerprint density at radius 2 is 1.90 bits per heavy atom. The number of nitrogens with zero attached hydrogens (tertiary/aromatic N) is 1. The zero-order chi connectivity index (χ0) is 14.4. The van der Waals surface area contributed by atoms with Gasteiger partial charge in [-0.1, -0.05) is 37.3 Å². The molecule has 1 aliphatic heterocycles. The van der Waals surface area contributed by atoms with Gasteiger partial charge < -0.3 is 0 Å². The van der Waals surface area contributed by atoms with E-state index in [1.54, 1.807) is 6.92 Å². The third kappa shape index (κ3) is 4.45. The van der Waals surface area contributed by atoms with Crippen molar-refractivity contribution in [3.63, 3.8) is 0 Å². The predicted octanol–water partition coefficient (Wildman–Crippen LogP) is 3.90. The molecule has 0 N–H and O–H groups in total. The first-order valence-corrected chi connectivity index (χ1v) is 7.95. The zero-order valence-corrected chi connectivity index (χ0v) is 12.8. The number of carbonyl (C=O) groups excluding carboxylic acids is 1. The molecule has 20 heavy (non-hydrogen) atoms. The van der Waals surface area contributed by atoms with Crippen molar-refractivity contribution in [1.82, 2.24) is 4.90 Å². The van der Waals surface area contributed by atoms with Crippen LogP contribution in [0.3, 0.4) is 0 Å². The number of benzene rings is 1. The third-order valence-corrected chi connectivity index (χ3v) is 4.64. The molecule has 1 atom stereocenters. The van der Waals surface area contributed by atoms with Gasteiger partial charge in [-0.15, -0.1) is 0 Å². The van der Waals surface area contributed by atoms with Crippen molar-refractivity contribution in [3.8, 4) is 0 Å². The Kier molecular flexibility index (Phi) is 5.78. The molecule has 1 unspecified atom stereocenters. The molecule has 0 amide bonds. The van der Waals surface area contributed by atoms with Crippen LogP contribution in [0.4, 0.5) is 0 Å². The number of piperidine rings is 1. The number of ketones is 1. The van der Waals surface area contributed by atoms with Crippen LogP contribution >= 0.6 is 0 Å². The molecule has 1 heterocycles. The average Bonchev–Trinajstić information content (AvgIpc) is 2.47. The van der Waals surface area contributed by atoms with Crippen LogP contribution in [0.5, 0.6) is 0 Å². The van der Waals surface area contributed by atoms with Crippen LogP contribution in [-0.2, 0) is 11.3 Å². The van der Waals surface area contributed by atoms with Crippen LogP contribution in [-0.4, -0.2) is 23.8 Å². The average molecular weight is 273 g/mol. The Morgan fingerprint density at radius 1 is 1.25 bits per heavy atom. The molecule has 0 spiro atoms. The fourth-order valence-corrected chi connectivity index (χ4v) is 3.24. The number of carbonyl (C=O) groups is 1. The molecular weight excluding hydrogens is 246 g/mol. The van der Waals surface area contributed by atoms with Gasteiger partial charge in [-0.2, -0.15) is 0 Å². The van der Waals surface area contributed by atoms with Crippen LogP contribution in [0.15, 0.2) is 30.3 Å². The second-order valence-corrected chi connectivity index (χ2v) is 6.16. The van der Waals surface area contributed by atoms with Crippen LogP contribution in [0.1, 0.15) is 45.1 Å². The van der Waals surface area contributed by atoms with Crippen molar-refractivity contribution in [3.05, 3.63) is 35.9 Å². The fourth-order valence-electron chi connectivity index (χ4n) is 3.24. The van der Waals surface area contributed by atoms with Crippen molar-refractivity contribution in [2.75, 3.05) is 13.1 Å². The van der Waals surface area contributed by atoms with Crippen LogP contribution < -0.4 is 0 Å².